The second-order valence-electron chi connectivity index (χ2n) is 5.86. The van der Waals surface area contributed by atoms with Crippen molar-refractivity contribution in [1.29, 1.82) is 0 Å². The number of rotatable bonds is 3. The van der Waals surface area contributed by atoms with E-state index in [0.29, 0.717) is 0 Å². The van der Waals surface area contributed by atoms with Crippen molar-refractivity contribution in [2.45, 2.75) is 0 Å². The normalized spacial score (nSPS) is 14.7. The Hall–Kier alpha value is -3.41. The number of hydrogen-bond donors (Lipinski definition) is 1. The average molecular weight is 332 g/mol. The van der Waals surface area contributed by atoms with E-state index < -0.39 is 6.03 Å². The maximum atomic E-state index is 11.7. The number of urea groups is 1. The summed E-state index contributed by atoms with van der Waals surface area (Å²) in [4.78, 5) is 23.0. The number of aryl methyl sites for hydroxylation is 1. The highest BCUT2D eigenvalue weighted by Crippen LogP contribution is 2.31. The Morgan fingerprint density at radius 2 is 1.76 bits per heavy atom. The summed E-state index contributed by atoms with van der Waals surface area (Å²) in [6, 6.07) is 17.6. The Morgan fingerprint density at radius 3 is 2.48 bits per heavy atom. The Bertz CT molecular complexity index is 1000. The van der Waals surface area contributed by atoms with E-state index in [1.165, 1.54) is 0 Å². The first-order chi connectivity index (χ1) is 12.1. The summed E-state index contributed by atoms with van der Waals surface area (Å²) in [5.74, 6) is -0.344. The molecule has 6 nitrogen and oxygen atoms in total. The highest BCUT2D eigenvalue weighted by molar-refractivity contribution is 6.07. The van der Waals surface area contributed by atoms with Gasteiger partial charge in [0, 0.05) is 23.5 Å². The standard InChI is InChI=1S/C19H16N4O2/c1-22-16-10-6-5-9-14(16)15(18(22)13-7-3-2-4-8-13)11-20-23-12-17(24)21-19(23)25/h2-11H,12H2,1H3,(H,21,24,25)/b20-11+. The second kappa shape index (κ2) is 5.90. The van der Waals surface area contributed by atoms with Gasteiger partial charge in [-0.3, -0.25) is 10.1 Å². The number of hydrogen-bond acceptors (Lipinski definition) is 3. The lowest BCUT2D eigenvalue weighted by Gasteiger charge is -2.07. The van der Waals surface area contributed by atoms with Crippen LogP contribution in [-0.4, -0.2) is 34.3 Å². The molecule has 25 heavy (non-hydrogen) atoms. The number of nitrogens with one attached hydrogen (secondary N) is 1. The number of benzene rings is 2. The highest BCUT2D eigenvalue weighted by atomic mass is 16.2. The molecule has 4 rings (SSSR count). The van der Waals surface area contributed by atoms with Crippen LogP contribution in [-0.2, 0) is 11.8 Å². The number of fused-ring (bicyclic) bond motifs is 1. The van der Waals surface area contributed by atoms with E-state index in [4.69, 9.17) is 0 Å². The van der Waals surface area contributed by atoms with E-state index in [-0.39, 0.29) is 12.5 Å². The number of hydrazone groups is 1. The maximum Gasteiger partial charge on any atom is 0.344 e. The van der Waals surface area contributed by atoms with Crippen molar-refractivity contribution >= 4 is 29.1 Å². The maximum absolute atomic E-state index is 11.7. The van der Waals surface area contributed by atoms with Gasteiger partial charge in [0.1, 0.15) is 6.54 Å². The summed E-state index contributed by atoms with van der Waals surface area (Å²) in [5, 5.41) is 8.64. The zero-order valence-electron chi connectivity index (χ0n) is 13.6. The Labute approximate surface area is 144 Å². The molecule has 0 atom stereocenters. The Kier molecular flexibility index (Phi) is 3.57. The lowest BCUT2D eigenvalue weighted by Crippen LogP contribution is -2.24. The summed E-state index contributed by atoms with van der Waals surface area (Å²) < 4.78 is 2.11. The molecular weight excluding hydrogens is 316 g/mol. The molecule has 1 fully saturated rings. The molecule has 0 unspecified atom stereocenters. The van der Waals surface area contributed by atoms with Gasteiger partial charge in [0.05, 0.1) is 11.9 Å². The minimum absolute atomic E-state index is 0.0548. The number of imide groups is 1. The molecule has 1 N–H and O–H groups in total. The van der Waals surface area contributed by atoms with Gasteiger partial charge in [-0.1, -0.05) is 48.5 Å². The minimum Gasteiger partial charge on any atom is -0.343 e. The molecule has 2 aromatic carbocycles. The first-order valence-corrected chi connectivity index (χ1v) is 7.93. The van der Waals surface area contributed by atoms with Crippen LogP contribution in [0.1, 0.15) is 5.56 Å². The quantitative estimate of drug-likeness (QED) is 0.592. The van der Waals surface area contributed by atoms with Crippen molar-refractivity contribution in [3.63, 3.8) is 0 Å². The number of carbonyl (C=O) groups is 2. The average Bonchev–Trinajstić information content (AvgIpc) is 3.10. The van der Waals surface area contributed by atoms with E-state index >= 15 is 0 Å². The largest absolute Gasteiger partial charge is 0.344 e. The molecule has 6 heteroatoms. The topological polar surface area (TPSA) is 66.7 Å². The molecule has 0 spiro atoms. The number of nitrogens with zero attached hydrogens (tertiary/aromatic N) is 3. The van der Waals surface area contributed by atoms with Crippen LogP contribution >= 0.6 is 0 Å². The predicted octanol–water partition coefficient (Wildman–Crippen LogP) is 2.73. The minimum atomic E-state index is -0.497. The monoisotopic (exact) mass is 332 g/mol. The van der Waals surface area contributed by atoms with Gasteiger partial charge in [0.25, 0.3) is 0 Å². The van der Waals surface area contributed by atoms with E-state index in [2.05, 4.69) is 15.0 Å². The summed E-state index contributed by atoms with van der Waals surface area (Å²) in [6.45, 7) is -0.0548. The summed E-state index contributed by atoms with van der Waals surface area (Å²) in [6.07, 6.45) is 1.66. The van der Waals surface area contributed by atoms with Crippen LogP contribution in [0.5, 0.6) is 0 Å². The van der Waals surface area contributed by atoms with Crippen molar-refractivity contribution in [3.8, 4) is 11.3 Å². The van der Waals surface area contributed by atoms with Crippen molar-refractivity contribution < 1.29 is 9.59 Å². The van der Waals surface area contributed by atoms with Crippen LogP contribution in [0.3, 0.4) is 0 Å². The fourth-order valence-corrected chi connectivity index (χ4v) is 3.15. The molecule has 1 aliphatic heterocycles. The summed E-state index contributed by atoms with van der Waals surface area (Å²) >= 11 is 0. The molecule has 2 heterocycles. The highest BCUT2D eigenvalue weighted by Gasteiger charge is 2.26. The third kappa shape index (κ3) is 2.57. The fraction of sp³-hybridized carbons (Fsp3) is 0.105. The molecule has 0 bridgehead atoms. The molecular formula is C19H16N4O2. The van der Waals surface area contributed by atoms with Crippen molar-refractivity contribution in [2.75, 3.05) is 6.54 Å². The molecule has 3 aromatic rings. The number of para-hydroxylation sites is 1. The van der Waals surface area contributed by atoms with Gasteiger partial charge in [-0.25, -0.2) is 9.80 Å². The van der Waals surface area contributed by atoms with Gasteiger partial charge in [-0.15, -0.1) is 0 Å². The van der Waals surface area contributed by atoms with Gasteiger partial charge in [-0.2, -0.15) is 5.10 Å². The van der Waals surface area contributed by atoms with Crippen molar-refractivity contribution in [3.05, 3.63) is 60.2 Å². The van der Waals surface area contributed by atoms with Crippen LogP contribution in [0.15, 0.2) is 59.7 Å². The molecule has 3 amide bonds. The van der Waals surface area contributed by atoms with E-state index in [1.807, 2.05) is 61.6 Å². The van der Waals surface area contributed by atoms with E-state index in [9.17, 15) is 9.59 Å². The molecule has 1 aliphatic rings. The number of carbonyl (C=O) groups excluding carboxylic acids is 2. The van der Waals surface area contributed by atoms with Crippen LogP contribution in [0.25, 0.3) is 22.2 Å². The second-order valence-corrected chi connectivity index (χ2v) is 5.86. The Balaban J connectivity index is 1.87. The molecule has 0 radical (unpaired) electrons. The zero-order chi connectivity index (χ0) is 17.4. The van der Waals surface area contributed by atoms with Crippen LogP contribution < -0.4 is 5.32 Å². The summed E-state index contributed by atoms with van der Waals surface area (Å²) in [7, 11) is 2.01. The molecule has 124 valence electrons. The first-order valence-electron chi connectivity index (χ1n) is 7.93. The van der Waals surface area contributed by atoms with Gasteiger partial charge in [0.15, 0.2) is 0 Å². The van der Waals surface area contributed by atoms with Crippen LogP contribution in [0.2, 0.25) is 0 Å². The molecule has 1 saturated heterocycles. The van der Waals surface area contributed by atoms with Crippen molar-refractivity contribution in [1.82, 2.24) is 14.9 Å². The van der Waals surface area contributed by atoms with Crippen LogP contribution in [0, 0.1) is 0 Å². The van der Waals surface area contributed by atoms with E-state index in [0.717, 1.165) is 32.7 Å². The molecule has 0 aliphatic carbocycles. The van der Waals surface area contributed by atoms with Crippen LogP contribution in [0.4, 0.5) is 4.79 Å². The van der Waals surface area contributed by atoms with Gasteiger partial charge in [-0.05, 0) is 11.6 Å². The fourth-order valence-electron chi connectivity index (χ4n) is 3.15. The van der Waals surface area contributed by atoms with Crippen molar-refractivity contribution in [2.24, 2.45) is 12.1 Å². The lowest BCUT2D eigenvalue weighted by atomic mass is 10.1. The Morgan fingerprint density at radius 1 is 1.04 bits per heavy atom. The summed E-state index contributed by atoms with van der Waals surface area (Å²) in [5.41, 5.74) is 4.06. The predicted molar refractivity (Wildman–Crippen MR) is 96.2 cm³/mol. The zero-order valence-corrected chi connectivity index (χ0v) is 13.6. The van der Waals surface area contributed by atoms with Gasteiger partial charge >= 0.3 is 6.03 Å². The number of aromatic nitrogens is 1. The molecule has 1 aromatic heterocycles. The number of amides is 3. The molecule has 0 saturated carbocycles. The van der Waals surface area contributed by atoms with E-state index in [1.54, 1.807) is 6.21 Å². The van der Waals surface area contributed by atoms with Gasteiger partial charge < -0.3 is 4.57 Å². The van der Waals surface area contributed by atoms with Gasteiger partial charge in [0.2, 0.25) is 5.91 Å². The lowest BCUT2D eigenvalue weighted by molar-refractivity contribution is -0.118. The smallest absolute Gasteiger partial charge is 0.343 e. The third-order valence-electron chi connectivity index (χ3n) is 4.29. The SMILES string of the molecule is Cn1c(-c2ccccc2)c(/C=N/N2CC(=O)NC2=O)c2ccccc21. The third-order valence-corrected chi connectivity index (χ3v) is 4.29. The first kappa shape index (κ1) is 15.1.